The fourth-order valence-electron chi connectivity index (χ4n) is 8.28. The minimum absolute atomic E-state index is 0.00947. The van der Waals surface area contributed by atoms with E-state index in [9.17, 15) is 9.59 Å². The highest BCUT2D eigenvalue weighted by Gasteiger charge is 2.57. The molecule has 0 radical (unpaired) electrons. The summed E-state index contributed by atoms with van der Waals surface area (Å²) in [6, 6.07) is 11.3. The molecule has 7 heteroatoms. The van der Waals surface area contributed by atoms with E-state index < -0.39 is 0 Å². The number of amides is 2. The molecule has 204 valence electrons. The van der Waals surface area contributed by atoms with Crippen molar-refractivity contribution in [3.05, 3.63) is 51.5 Å². The van der Waals surface area contributed by atoms with E-state index in [4.69, 9.17) is 4.98 Å². The third-order valence-corrected chi connectivity index (χ3v) is 11.3. The first-order chi connectivity index (χ1) is 18.5. The van der Waals surface area contributed by atoms with Crippen LogP contribution in [0.4, 0.5) is 0 Å². The zero-order chi connectivity index (χ0) is 26.3. The number of thiazole rings is 1. The van der Waals surface area contributed by atoms with Crippen molar-refractivity contribution in [2.75, 3.05) is 19.6 Å². The Morgan fingerprint density at radius 1 is 1.11 bits per heavy atom. The maximum atomic E-state index is 14.7. The van der Waals surface area contributed by atoms with Crippen molar-refractivity contribution in [3.8, 4) is 0 Å². The van der Waals surface area contributed by atoms with Crippen LogP contribution in [-0.4, -0.2) is 47.4 Å². The molecule has 1 saturated carbocycles. The van der Waals surface area contributed by atoms with Crippen LogP contribution in [-0.2, 0) is 15.0 Å². The number of fused-ring (bicyclic) bond motifs is 2. The Morgan fingerprint density at radius 3 is 2.66 bits per heavy atom. The summed E-state index contributed by atoms with van der Waals surface area (Å²) in [7, 11) is 0. The first-order valence-electron chi connectivity index (χ1n) is 14.9. The van der Waals surface area contributed by atoms with Gasteiger partial charge in [0.05, 0.1) is 35.2 Å². The zero-order valence-electron chi connectivity index (χ0n) is 23.0. The van der Waals surface area contributed by atoms with Gasteiger partial charge in [-0.15, -0.1) is 11.3 Å². The van der Waals surface area contributed by atoms with Gasteiger partial charge in [0.2, 0.25) is 11.8 Å². The molecule has 5 atom stereocenters. The van der Waals surface area contributed by atoms with Crippen LogP contribution >= 0.6 is 11.3 Å². The highest BCUT2D eigenvalue weighted by Crippen LogP contribution is 2.50. The molecule has 1 unspecified atom stereocenters. The standard InChI is InChI=1S/C31H42N4O2S/c1-20(36)33-26-13-15-31(29-28(26)34-21(2)38-29)19-32-18-25(31)30(37)35-16-14-24(22-9-5-3-6-10-22)17-27(35)23-11-7-4-8-12-23/h3,5-6,9-10,23-27,32H,4,7-8,11-19H2,1-2H3,(H,33,36)/p+1/t24-,25+,26?,27+,31-/m1/s1. The Balaban J connectivity index is 1.30. The topological polar surface area (TPSA) is 78.9 Å². The summed E-state index contributed by atoms with van der Waals surface area (Å²) in [6.07, 6.45) is 10.4. The van der Waals surface area contributed by atoms with Gasteiger partial charge >= 0.3 is 0 Å². The van der Waals surface area contributed by atoms with Gasteiger partial charge in [0.1, 0.15) is 5.92 Å². The van der Waals surface area contributed by atoms with E-state index in [0.29, 0.717) is 23.8 Å². The van der Waals surface area contributed by atoms with Gasteiger partial charge in [-0.2, -0.15) is 0 Å². The Labute approximate surface area is 231 Å². The van der Waals surface area contributed by atoms with E-state index in [1.54, 1.807) is 18.3 Å². The highest BCUT2D eigenvalue weighted by atomic mass is 32.1. The summed E-state index contributed by atoms with van der Waals surface area (Å²) < 4.78 is 0. The summed E-state index contributed by atoms with van der Waals surface area (Å²) in [5, 5.41) is 6.54. The number of hydrogen-bond acceptors (Lipinski definition) is 4. The number of nitrogens with two attached hydrogens (primary N) is 1. The highest BCUT2D eigenvalue weighted by molar-refractivity contribution is 7.11. The number of aromatic nitrogens is 1. The molecule has 6 rings (SSSR count). The molecule has 1 aromatic carbocycles. The number of rotatable bonds is 4. The van der Waals surface area contributed by atoms with E-state index >= 15 is 0 Å². The molecule has 3 N–H and O–H groups in total. The lowest BCUT2D eigenvalue weighted by Crippen LogP contribution is -2.82. The third-order valence-electron chi connectivity index (χ3n) is 10.1. The summed E-state index contributed by atoms with van der Waals surface area (Å²) in [5.74, 6) is 1.52. The molecule has 2 saturated heterocycles. The predicted molar refractivity (Wildman–Crippen MR) is 150 cm³/mol. The molecule has 6 nitrogen and oxygen atoms in total. The van der Waals surface area contributed by atoms with E-state index in [2.05, 4.69) is 52.8 Å². The molecule has 38 heavy (non-hydrogen) atoms. The lowest BCUT2D eigenvalue weighted by atomic mass is 9.67. The zero-order valence-corrected chi connectivity index (χ0v) is 23.8. The molecule has 1 aromatic heterocycles. The smallest absolute Gasteiger partial charge is 0.232 e. The summed E-state index contributed by atoms with van der Waals surface area (Å²) >= 11 is 1.76. The maximum absolute atomic E-state index is 14.7. The van der Waals surface area contributed by atoms with Crippen molar-refractivity contribution in [3.63, 3.8) is 0 Å². The van der Waals surface area contributed by atoms with Crippen LogP contribution in [0.3, 0.4) is 0 Å². The van der Waals surface area contributed by atoms with E-state index in [1.165, 1.54) is 42.5 Å². The molecule has 4 aliphatic rings. The predicted octanol–water partition coefficient (Wildman–Crippen LogP) is 4.21. The SMILES string of the molecule is CC(=O)NC1CC[C@]2(C[NH2+]C[C@H]2C(=O)N2CC[C@@H](c3ccccc3)C[C@H]2C2CCCCC2)c2sc(C)nc21. The van der Waals surface area contributed by atoms with Crippen LogP contribution in [0.15, 0.2) is 30.3 Å². The average molecular weight is 536 g/mol. The summed E-state index contributed by atoms with van der Waals surface area (Å²) in [5.41, 5.74) is 2.29. The van der Waals surface area contributed by atoms with E-state index in [0.717, 1.165) is 56.0 Å². The molecule has 0 bridgehead atoms. The quantitative estimate of drug-likeness (QED) is 0.616. The van der Waals surface area contributed by atoms with Crippen LogP contribution in [0.25, 0.3) is 0 Å². The second-order valence-corrected chi connectivity index (χ2v) is 13.5. The van der Waals surface area contributed by atoms with Crippen LogP contribution in [0.2, 0.25) is 0 Å². The Morgan fingerprint density at radius 2 is 1.89 bits per heavy atom. The number of hydrogen-bond donors (Lipinski definition) is 2. The van der Waals surface area contributed by atoms with Crippen molar-refractivity contribution in [1.82, 2.24) is 15.2 Å². The monoisotopic (exact) mass is 535 g/mol. The Kier molecular flexibility index (Phi) is 7.34. The molecule has 2 aliphatic carbocycles. The molecular formula is C31H43N4O2S+. The molecule has 3 heterocycles. The first-order valence-corrected chi connectivity index (χ1v) is 15.7. The number of likely N-dealkylation sites (tertiary alicyclic amines) is 1. The lowest BCUT2D eigenvalue weighted by Gasteiger charge is -2.47. The molecule has 1 spiro atoms. The van der Waals surface area contributed by atoms with Gasteiger partial charge in [0, 0.05) is 24.4 Å². The number of benzene rings is 1. The lowest BCUT2D eigenvalue weighted by molar-refractivity contribution is -0.640. The fraction of sp³-hybridized carbons (Fsp3) is 0.645. The van der Waals surface area contributed by atoms with Crippen LogP contribution in [0.1, 0.15) is 97.8 Å². The van der Waals surface area contributed by atoms with E-state index in [-0.39, 0.29) is 23.3 Å². The van der Waals surface area contributed by atoms with Crippen molar-refractivity contribution >= 4 is 23.2 Å². The number of carbonyl (C=O) groups excluding carboxylic acids is 2. The van der Waals surface area contributed by atoms with E-state index in [1.807, 2.05) is 0 Å². The summed E-state index contributed by atoms with van der Waals surface area (Å²) in [6.45, 7) is 6.32. The first kappa shape index (κ1) is 26.0. The number of nitrogens with zero attached hydrogens (tertiary/aromatic N) is 2. The maximum Gasteiger partial charge on any atom is 0.232 e. The van der Waals surface area contributed by atoms with Gasteiger partial charge in [-0.3, -0.25) is 9.59 Å². The third kappa shape index (κ3) is 4.70. The largest absolute Gasteiger partial charge is 0.348 e. The van der Waals surface area contributed by atoms with Gasteiger partial charge in [-0.05, 0) is 62.8 Å². The molecule has 2 amide bonds. The van der Waals surface area contributed by atoms with Gasteiger partial charge < -0.3 is 15.5 Å². The van der Waals surface area contributed by atoms with Gasteiger partial charge in [-0.1, -0.05) is 49.6 Å². The Hall–Kier alpha value is -2.25. The van der Waals surface area contributed by atoms with Gasteiger partial charge in [-0.25, -0.2) is 4.98 Å². The minimum Gasteiger partial charge on any atom is -0.348 e. The van der Waals surface area contributed by atoms with Crippen molar-refractivity contribution in [2.24, 2.45) is 11.8 Å². The second-order valence-electron chi connectivity index (χ2n) is 12.3. The number of nitrogens with one attached hydrogen (secondary N) is 1. The van der Waals surface area contributed by atoms with Crippen molar-refractivity contribution in [1.29, 1.82) is 0 Å². The fourth-order valence-corrected chi connectivity index (χ4v) is 9.54. The molecule has 2 aromatic rings. The average Bonchev–Trinajstić information content (AvgIpc) is 3.55. The number of quaternary nitrogens is 1. The van der Waals surface area contributed by atoms with Gasteiger partial charge in [0.15, 0.2) is 0 Å². The van der Waals surface area contributed by atoms with Crippen LogP contribution < -0.4 is 10.6 Å². The van der Waals surface area contributed by atoms with Crippen molar-refractivity contribution in [2.45, 2.75) is 95.1 Å². The number of piperidine rings is 1. The molecule has 3 fully saturated rings. The number of carbonyl (C=O) groups is 2. The van der Waals surface area contributed by atoms with Gasteiger partial charge in [0.25, 0.3) is 0 Å². The number of aryl methyl sites for hydroxylation is 1. The van der Waals surface area contributed by atoms with Crippen LogP contribution in [0, 0.1) is 18.8 Å². The van der Waals surface area contributed by atoms with Crippen LogP contribution in [0.5, 0.6) is 0 Å². The normalized spacial score (nSPS) is 31.8. The van der Waals surface area contributed by atoms with Crippen molar-refractivity contribution < 1.29 is 14.9 Å². The summed E-state index contributed by atoms with van der Waals surface area (Å²) in [4.78, 5) is 35.1. The molecule has 2 aliphatic heterocycles. The Bertz CT molecular complexity index is 1160. The minimum atomic E-state index is -0.166. The second kappa shape index (κ2) is 10.7. The molecular weight excluding hydrogens is 492 g/mol.